The summed E-state index contributed by atoms with van der Waals surface area (Å²) in [6.07, 6.45) is 3.78. The van der Waals surface area contributed by atoms with E-state index in [4.69, 9.17) is 4.52 Å². The van der Waals surface area contributed by atoms with Crippen LogP contribution in [0.25, 0.3) is 22.6 Å². The van der Waals surface area contributed by atoms with Gasteiger partial charge < -0.3 is 9.84 Å². The van der Waals surface area contributed by atoms with E-state index in [9.17, 15) is 9.18 Å². The molecule has 0 aliphatic carbocycles. The van der Waals surface area contributed by atoms with E-state index in [2.05, 4.69) is 25.4 Å². The largest absolute Gasteiger partial charge is 0.339 e. The van der Waals surface area contributed by atoms with Gasteiger partial charge in [-0.15, -0.1) is 11.3 Å². The van der Waals surface area contributed by atoms with E-state index in [-0.39, 0.29) is 18.1 Å². The van der Waals surface area contributed by atoms with E-state index in [0.717, 1.165) is 5.56 Å². The number of rotatable bonds is 6. The summed E-state index contributed by atoms with van der Waals surface area (Å²) in [5.41, 5.74) is 2.01. The SMILES string of the molecule is O=C(CCc1nc(-c2cccnc2)no1)Nc1nc(-c2cccc(F)c2)cs1. The molecular formula is C19H14FN5O2S. The normalized spacial score (nSPS) is 10.8. The summed E-state index contributed by atoms with van der Waals surface area (Å²) in [4.78, 5) is 24.8. The van der Waals surface area contributed by atoms with E-state index in [1.165, 1.54) is 23.5 Å². The van der Waals surface area contributed by atoms with E-state index >= 15 is 0 Å². The van der Waals surface area contributed by atoms with Crippen molar-refractivity contribution < 1.29 is 13.7 Å². The minimum atomic E-state index is -0.332. The summed E-state index contributed by atoms with van der Waals surface area (Å²) in [5, 5.41) is 8.84. The van der Waals surface area contributed by atoms with Crippen LogP contribution in [0, 0.1) is 5.82 Å². The Morgan fingerprint density at radius 3 is 2.89 bits per heavy atom. The number of halogens is 1. The number of thiazole rings is 1. The maximum atomic E-state index is 13.3. The molecule has 0 aliphatic rings. The highest BCUT2D eigenvalue weighted by atomic mass is 32.1. The predicted octanol–water partition coefficient (Wildman–Crippen LogP) is 3.97. The topological polar surface area (TPSA) is 93.8 Å². The molecule has 28 heavy (non-hydrogen) atoms. The highest BCUT2D eigenvalue weighted by molar-refractivity contribution is 7.14. The lowest BCUT2D eigenvalue weighted by atomic mass is 10.2. The number of aromatic nitrogens is 4. The Hall–Kier alpha value is -3.46. The molecule has 3 heterocycles. The van der Waals surface area contributed by atoms with Crippen LogP contribution in [0.5, 0.6) is 0 Å². The molecule has 0 aliphatic heterocycles. The van der Waals surface area contributed by atoms with Crippen molar-refractivity contribution in [3.63, 3.8) is 0 Å². The number of carbonyl (C=O) groups excluding carboxylic acids is 1. The fraction of sp³-hybridized carbons (Fsp3) is 0.105. The van der Waals surface area contributed by atoms with Crippen molar-refractivity contribution in [1.29, 1.82) is 0 Å². The first-order chi connectivity index (χ1) is 13.7. The second-order valence-corrected chi connectivity index (χ2v) is 6.71. The summed E-state index contributed by atoms with van der Waals surface area (Å²) in [6.45, 7) is 0. The Balaban J connectivity index is 1.34. The van der Waals surface area contributed by atoms with Crippen molar-refractivity contribution in [3.05, 3.63) is 65.9 Å². The minimum Gasteiger partial charge on any atom is -0.339 e. The van der Waals surface area contributed by atoms with Gasteiger partial charge in [-0.3, -0.25) is 9.78 Å². The number of anilines is 1. The number of hydrogen-bond acceptors (Lipinski definition) is 7. The van der Waals surface area contributed by atoms with E-state index in [0.29, 0.717) is 34.5 Å². The van der Waals surface area contributed by atoms with Crippen LogP contribution in [0.4, 0.5) is 9.52 Å². The first-order valence-electron chi connectivity index (χ1n) is 8.42. The highest BCUT2D eigenvalue weighted by Crippen LogP contribution is 2.25. The number of amides is 1. The van der Waals surface area contributed by atoms with Gasteiger partial charge in [0.05, 0.1) is 5.69 Å². The van der Waals surface area contributed by atoms with Gasteiger partial charge >= 0.3 is 0 Å². The predicted molar refractivity (Wildman–Crippen MR) is 102 cm³/mol. The smallest absolute Gasteiger partial charge is 0.227 e. The first kappa shape index (κ1) is 17.9. The van der Waals surface area contributed by atoms with Gasteiger partial charge in [-0.2, -0.15) is 4.98 Å². The molecular weight excluding hydrogens is 381 g/mol. The summed E-state index contributed by atoms with van der Waals surface area (Å²) < 4.78 is 18.5. The van der Waals surface area contributed by atoms with Crippen LogP contribution in [0.15, 0.2) is 58.7 Å². The molecule has 1 aromatic carbocycles. The Labute approximate surface area is 163 Å². The van der Waals surface area contributed by atoms with Gasteiger partial charge in [0.15, 0.2) is 5.13 Å². The molecule has 4 aromatic rings. The monoisotopic (exact) mass is 395 g/mol. The van der Waals surface area contributed by atoms with E-state index in [1.807, 2.05) is 6.07 Å². The highest BCUT2D eigenvalue weighted by Gasteiger charge is 2.12. The molecule has 0 unspecified atom stereocenters. The van der Waals surface area contributed by atoms with Crippen molar-refractivity contribution in [2.24, 2.45) is 0 Å². The molecule has 4 rings (SSSR count). The Morgan fingerprint density at radius 1 is 1.18 bits per heavy atom. The molecule has 0 atom stereocenters. The average Bonchev–Trinajstić information content (AvgIpc) is 3.37. The molecule has 0 spiro atoms. The van der Waals surface area contributed by atoms with Gasteiger partial charge in [-0.25, -0.2) is 9.37 Å². The summed E-state index contributed by atoms with van der Waals surface area (Å²) >= 11 is 1.28. The molecule has 7 nitrogen and oxygen atoms in total. The number of carbonyl (C=O) groups is 1. The van der Waals surface area contributed by atoms with Crippen LogP contribution < -0.4 is 5.32 Å². The summed E-state index contributed by atoms with van der Waals surface area (Å²) in [7, 11) is 0. The number of aryl methyl sites for hydroxylation is 1. The molecule has 0 bridgehead atoms. The van der Waals surface area contributed by atoms with Crippen molar-refractivity contribution in [2.45, 2.75) is 12.8 Å². The molecule has 9 heteroatoms. The van der Waals surface area contributed by atoms with Crippen molar-refractivity contribution in [2.75, 3.05) is 5.32 Å². The Kier molecular flexibility index (Phi) is 5.16. The lowest BCUT2D eigenvalue weighted by Gasteiger charge is -1.99. The van der Waals surface area contributed by atoms with Gasteiger partial charge in [-0.1, -0.05) is 17.3 Å². The lowest BCUT2D eigenvalue weighted by molar-refractivity contribution is -0.116. The van der Waals surface area contributed by atoms with Crippen LogP contribution in [0.2, 0.25) is 0 Å². The number of benzene rings is 1. The molecule has 140 valence electrons. The molecule has 0 saturated carbocycles. The summed E-state index contributed by atoms with van der Waals surface area (Å²) in [5.74, 6) is 0.249. The first-order valence-corrected chi connectivity index (χ1v) is 9.29. The molecule has 3 aromatic heterocycles. The zero-order valence-electron chi connectivity index (χ0n) is 14.5. The third-order valence-electron chi connectivity index (χ3n) is 3.82. The fourth-order valence-electron chi connectivity index (χ4n) is 2.48. The van der Waals surface area contributed by atoms with Crippen molar-refractivity contribution >= 4 is 22.4 Å². The van der Waals surface area contributed by atoms with Gasteiger partial charge in [0.25, 0.3) is 0 Å². The van der Waals surface area contributed by atoms with Crippen molar-refractivity contribution in [1.82, 2.24) is 20.1 Å². The number of nitrogens with one attached hydrogen (secondary N) is 1. The molecule has 1 amide bonds. The van der Waals surface area contributed by atoms with E-state index in [1.54, 1.807) is 36.0 Å². The standard InChI is InChI=1S/C19H14FN5O2S/c20-14-5-1-3-12(9-14)15-11-28-19(22-15)23-16(26)6-7-17-24-18(25-27-17)13-4-2-8-21-10-13/h1-5,8-11H,6-7H2,(H,22,23,26). The number of hydrogen-bond donors (Lipinski definition) is 1. The van der Waals surface area contributed by atoms with Crippen LogP contribution >= 0.6 is 11.3 Å². The Bertz CT molecular complexity index is 1100. The second kappa shape index (κ2) is 8.05. The maximum absolute atomic E-state index is 13.3. The fourth-order valence-corrected chi connectivity index (χ4v) is 3.22. The average molecular weight is 395 g/mol. The van der Waals surface area contributed by atoms with Crippen LogP contribution in [0.1, 0.15) is 12.3 Å². The third kappa shape index (κ3) is 4.26. The van der Waals surface area contributed by atoms with Crippen LogP contribution in [-0.2, 0) is 11.2 Å². The molecule has 0 saturated heterocycles. The lowest BCUT2D eigenvalue weighted by Crippen LogP contribution is -2.12. The van der Waals surface area contributed by atoms with Gasteiger partial charge in [-0.05, 0) is 24.3 Å². The van der Waals surface area contributed by atoms with Gasteiger partial charge in [0, 0.05) is 41.7 Å². The van der Waals surface area contributed by atoms with Gasteiger partial charge in [0.1, 0.15) is 5.82 Å². The summed E-state index contributed by atoms with van der Waals surface area (Å²) in [6, 6.07) is 9.76. The van der Waals surface area contributed by atoms with Crippen molar-refractivity contribution in [3.8, 4) is 22.6 Å². The maximum Gasteiger partial charge on any atom is 0.227 e. The minimum absolute atomic E-state index is 0.170. The van der Waals surface area contributed by atoms with Crippen LogP contribution in [-0.4, -0.2) is 26.0 Å². The zero-order chi connectivity index (χ0) is 19.3. The number of pyridine rings is 1. The van der Waals surface area contributed by atoms with E-state index < -0.39 is 0 Å². The molecule has 0 radical (unpaired) electrons. The second-order valence-electron chi connectivity index (χ2n) is 5.85. The zero-order valence-corrected chi connectivity index (χ0v) is 15.3. The number of nitrogens with zero attached hydrogens (tertiary/aromatic N) is 4. The molecule has 0 fully saturated rings. The molecule has 1 N–H and O–H groups in total. The Morgan fingerprint density at radius 2 is 2.07 bits per heavy atom. The van der Waals surface area contributed by atoms with Crippen LogP contribution in [0.3, 0.4) is 0 Å². The van der Waals surface area contributed by atoms with Gasteiger partial charge in [0.2, 0.25) is 17.6 Å². The quantitative estimate of drug-likeness (QED) is 0.531. The third-order valence-corrected chi connectivity index (χ3v) is 4.58.